The number of H-pyrrole nitrogens is 1. The molecule has 3 heterocycles. The Balaban J connectivity index is 1.95. The van der Waals surface area contributed by atoms with Gasteiger partial charge >= 0.3 is 0 Å². The standard InChI is InChI=1S/C10H13N5/c1-2-7(4-11-3-1)9-12-5-8-10(15-9)14-6-13-8/h5-7,11H,1-4H2,(H,12,13,14,15). The van der Waals surface area contributed by atoms with Crippen molar-refractivity contribution in [3.63, 3.8) is 0 Å². The minimum absolute atomic E-state index is 0.444. The second-order valence-electron chi connectivity index (χ2n) is 3.91. The summed E-state index contributed by atoms with van der Waals surface area (Å²) in [5.74, 6) is 1.36. The second-order valence-corrected chi connectivity index (χ2v) is 3.91. The molecule has 1 aliphatic rings. The maximum atomic E-state index is 4.47. The zero-order valence-electron chi connectivity index (χ0n) is 8.40. The highest BCUT2D eigenvalue weighted by Crippen LogP contribution is 2.20. The van der Waals surface area contributed by atoms with Gasteiger partial charge in [0.1, 0.15) is 11.3 Å². The Morgan fingerprint density at radius 1 is 1.33 bits per heavy atom. The van der Waals surface area contributed by atoms with Gasteiger partial charge in [0.25, 0.3) is 0 Å². The minimum atomic E-state index is 0.444. The Morgan fingerprint density at radius 2 is 2.33 bits per heavy atom. The van der Waals surface area contributed by atoms with Crippen LogP contribution in [0.15, 0.2) is 12.5 Å². The van der Waals surface area contributed by atoms with E-state index >= 15 is 0 Å². The molecule has 2 aromatic rings. The van der Waals surface area contributed by atoms with Crippen LogP contribution in [0, 0.1) is 0 Å². The van der Waals surface area contributed by atoms with Gasteiger partial charge in [-0.3, -0.25) is 0 Å². The van der Waals surface area contributed by atoms with Crippen LogP contribution in [-0.2, 0) is 0 Å². The molecule has 0 spiro atoms. The number of rotatable bonds is 1. The molecule has 0 bridgehead atoms. The lowest BCUT2D eigenvalue weighted by Gasteiger charge is -2.20. The SMILES string of the molecule is c1nc2nc(C3CCCNC3)ncc2[nH]1. The van der Waals surface area contributed by atoms with E-state index < -0.39 is 0 Å². The Labute approximate surface area is 87.3 Å². The van der Waals surface area contributed by atoms with E-state index in [1.165, 1.54) is 12.8 Å². The van der Waals surface area contributed by atoms with Gasteiger partial charge in [0, 0.05) is 12.5 Å². The van der Waals surface area contributed by atoms with Crippen molar-refractivity contribution in [3.05, 3.63) is 18.3 Å². The molecule has 0 radical (unpaired) electrons. The number of fused-ring (bicyclic) bond motifs is 1. The summed E-state index contributed by atoms with van der Waals surface area (Å²) in [5, 5.41) is 3.37. The van der Waals surface area contributed by atoms with Crippen LogP contribution in [0.4, 0.5) is 0 Å². The quantitative estimate of drug-likeness (QED) is 0.720. The fourth-order valence-electron chi connectivity index (χ4n) is 2.02. The zero-order valence-corrected chi connectivity index (χ0v) is 8.40. The van der Waals surface area contributed by atoms with Crippen LogP contribution in [0.5, 0.6) is 0 Å². The fraction of sp³-hybridized carbons (Fsp3) is 0.500. The van der Waals surface area contributed by atoms with E-state index in [1.54, 1.807) is 6.33 Å². The Morgan fingerprint density at radius 3 is 3.20 bits per heavy atom. The van der Waals surface area contributed by atoms with Gasteiger partial charge in [-0.1, -0.05) is 0 Å². The van der Waals surface area contributed by atoms with Crippen molar-refractivity contribution in [1.29, 1.82) is 0 Å². The van der Waals surface area contributed by atoms with Crippen LogP contribution in [0.25, 0.3) is 11.2 Å². The first-order valence-electron chi connectivity index (χ1n) is 5.30. The van der Waals surface area contributed by atoms with Crippen LogP contribution in [0.1, 0.15) is 24.6 Å². The molecule has 1 atom stereocenters. The number of aromatic nitrogens is 4. The van der Waals surface area contributed by atoms with Crippen LogP contribution in [0.3, 0.4) is 0 Å². The molecule has 2 aromatic heterocycles. The van der Waals surface area contributed by atoms with E-state index in [4.69, 9.17) is 0 Å². The average molecular weight is 203 g/mol. The minimum Gasteiger partial charge on any atom is -0.342 e. The summed E-state index contributed by atoms with van der Waals surface area (Å²) in [6, 6.07) is 0. The van der Waals surface area contributed by atoms with E-state index in [0.717, 1.165) is 30.1 Å². The Bertz CT molecular complexity index is 458. The predicted octanol–water partition coefficient (Wildman–Crippen LogP) is 0.820. The molecule has 1 saturated heterocycles. The second kappa shape index (κ2) is 3.58. The smallest absolute Gasteiger partial charge is 0.180 e. The van der Waals surface area contributed by atoms with Crippen molar-refractivity contribution in [2.24, 2.45) is 0 Å². The van der Waals surface area contributed by atoms with Crippen molar-refractivity contribution in [3.8, 4) is 0 Å². The van der Waals surface area contributed by atoms with E-state index in [0.29, 0.717) is 5.92 Å². The molecule has 0 saturated carbocycles. The molecule has 0 amide bonds. The number of nitrogens with zero attached hydrogens (tertiary/aromatic N) is 3. The normalized spacial score (nSPS) is 22.0. The molecule has 0 aromatic carbocycles. The maximum absolute atomic E-state index is 4.47. The summed E-state index contributed by atoms with van der Waals surface area (Å²) in [4.78, 5) is 16.0. The van der Waals surface area contributed by atoms with E-state index in [1.807, 2.05) is 6.20 Å². The number of nitrogens with one attached hydrogen (secondary N) is 2. The third-order valence-electron chi connectivity index (χ3n) is 2.86. The third-order valence-corrected chi connectivity index (χ3v) is 2.86. The summed E-state index contributed by atoms with van der Waals surface area (Å²) in [5.41, 5.74) is 1.67. The summed E-state index contributed by atoms with van der Waals surface area (Å²) < 4.78 is 0. The number of hydrogen-bond acceptors (Lipinski definition) is 4. The van der Waals surface area contributed by atoms with Gasteiger partial charge in [-0.15, -0.1) is 0 Å². The van der Waals surface area contributed by atoms with Crippen molar-refractivity contribution in [2.45, 2.75) is 18.8 Å². The first-order chi connectivity index (χ1) is 7.43. The zero-order chi connectivity index (χ0) is 10.1. The molecule has 15 heavy (non-hydrogen) atoms. The molecule has 0 aliphatic carbocycles. The highest BCUT2D eigenvalue weighted by molar-refractivity contribution is 5.68. The van der Waals surface area contributed by atoms with Crippen molar-refractivity contribution in [1.82, 2.24) is 25.3 Å². The van der Waals surface area contributed by atoms with Gasteiger partial charge in [-0.25, -0.2) is 15.0 Å². The van der Waals surface area contributed by atoms with Gasteiger partial charge < -0.3 is 10.3 Å². The van der Waals surface area contributed by atoms with E-state index in [9.17, 15) is 0 Å². The number of imidazole rings is 1. The lowest BCUT2D eigenvalue weighted by molar-refractivity contribution is 0.447. The maximum Gasteiger partial charge on any atom is 0.180 e. The first kappa shape index (κ1) is 8.79. The van der Waals surface area contributed by atoms with Crippen molar-refractivity contribution in [2.75, 3.05) is 13.1 Å². The molecule has 1 aliphatic heterocycles. The van der Waals surface area contributed by atoms with Crippen molar-refractivity contribution < 1.29 is 0 Å². The van der Waals surface area contributed by atoms with Crippen LogP contribution in [0.2, 0.25) is 0 Å². The third kappa shape index (κ3) is 1.59. The molecule has 78 valence electrons. The molecule has 5 nitrogen and oxygen atoms in total. The fourth-order valence-corrected chi connectivity index (χ4v) is 2.02. The number of piperidine rings is 1. The van der Waals surface area contributed by atoms with Crippen LogP contribution >= 0.6 is 0 Å². The van der Waals surface area contributed by atoms with Crippen LogP contribution < -0.4 is 5.32 Å². The summed E-state index contributed by atoms with van der Waals surface area (Å²) in [6.07, 6.45) is 5.84. The van der Waals surface area contributed by atoms with Gasteiger partial charge in [0.2, 0.25) is 0 Å². The summed E-state index contributed by atoms with van der Waals surface area (Å²) in [7, 11) is 0. The predicted molar refractivity (Wildman–Crippen MR) is 56.5 cm³/mol. The number of hydrogen-bond donors (Lipinski definition) is 2. The molecule has 3 rings (SSSR count). The van der Waals surface area contributed by atoms with Gasteiger partial charge in [0.15, 0.2) is 5.65 Å². The highest BCUT2D eigenvalue weighted by Gasteiger charge is 2.18. The Kier molecular flexibility index (Phi) is 2.10. The molecular weight excluding hydrogens is 190 g/mol. The highest BCUT2D eigenvalue weighted by atomic mass is 15.0. The van der Waals surface area contributed by atoms with Gasteiger partial charge in [-0.05, 0) is 19.4 Å². The topological polar surface area (TPSA) is 66.5 Å². The lowest BCUT2D eigenvalue weighted by Crippen LogP contribution is -2.29. The monoisotopic (exact) mass is 203 g/mol. The summed E-state index contributed by atoms with van der Waals surface area (Å²) in [6.45, 7) is 2.09. The molecule has 1 fully saturated rings. The van der Waals surface area contributed by atoms with Crippen molar-refractivity contribution >= 4 is 11.2 Å². The first-order valence-corrected chi connectivity index (χ1v) is 5.30. The molecule has 5 heteroatoms. The van der Waals surface area contributed by atoms with E-state index in [-0.39, 0.29) is 0 Å². The summed E-state index contributed by atoms with van der Waals surface area (Å²) >= 11 is 0. The molecular formula is C10H13N5. The number of aromatic amines is 1. The molecule has 1 unspecified atom stereocenters. The lowest BCUT2D eigenvalue weighted by atomic mass is 9.99. The average Bonchev–Trinajstić information content (AvgIpc) is 2.77. The largest absolute Gasteiger partial charge is 0.342 e. The van der Waals surface area contributed by atoms with Crippen LogP contribution in [-0.4, -0.2) is 33.0 Å². The Hall–Kier alpha value is -1.49. The molecule has 2 N–H and O–H groups in total. The van der Waals surface area contributed by atoms with E-state index in [2.05, 4.69) is 25.3 Å². The van der Waals surface area contributed by atoms with Gasteiger partial charge in [0.05, 0.1) is 12.5 Å². The van der Waals surface area contributed by atoms with Gasteiger partial charge in [-0.2, -0.15) is 0 Å².